The number of halogens is 1. The highest BCUT2D eigenvalue weighted by molar-refractivity contribution is 6.30. The first-order valence-corrected chi connectivity index (χ1v) is 8.97. The van der Waals surface area contributed by atoms with Crippen molar-refractivity contribution in [1.82, 2.24) is 14.6 Å². The van der Waals surface area contributed by atoms with Crippen molar-refractivity contribution in [3.63, 3.8) is 0 Å². The molecule has 0 amide bonds. The van der Waals surface area contributed by atoms with Crippen LogP contribution in [0.15, 0.2) is 54.6 Å². The molecule has 4 aromatic rings. The molecule has 0 aliphatic heterocycles. The minimum absolute atomic E-state index is 0.674. The molecule has 4 rings (SSSR count). The van der Waals surface area contributed by atoms with Gasteiger partial charge in [0.2, 0.25) is 0 Å². The van der Waals surface area contributed by atoms with Crippen LogP contribution in [0.3, 0.4) is 0 Å². The lowest BCUT2D eigenvalue weighted by Crippen LogP contribution is -2.02. The van der Waals surface area contributed by atoms with Crippen molar-refractivity contribution in [2.45, 2.75) is 13.8 Å². The van der Waals surface area contributed by atoms with Crippen molar-refractivity contribution < 1.29 is 4.74 Å². The van der Waals surface area contributed by atoms with E-state index < -0.39 is 0 Å². The van der Waals surface area contributed by atoms with E-state index in [1.807, 2.05) is 73.0 Å². The van der Waals surface area contributed by atoms with Gasteiger partial charge in [-0.3, -0.25) is 0 Å². The number of para-hydroxylation sites is 1. The molecule has 5 nitrogen and oxygen atoms in total. The largest absolute Gasteiger partial charge is 0.496 e. The Balaban J connectivity index is 1.91. The SMILES string of the molecule is COc1ccccc1-c1c(C)nn2c(Nc3cccc(Cl)c3)cc(C)nc12. The minimum Gasteiger partial charge on any atom is -0.496 e. The Hall–Kier alpha value is -3.05. The molecule has 2 heterocycles. The maximum atomic E-state index is 6.11. The topological polar surface area (TPSA) is 51.5 Å². The average Bonchev–Trinajstić information content (AvgIpc) is 2.97. The maximum absolute atomic E-state index is 6.11. The first kappa shape index (κ1) is 17.4. The lowest BCUT2D eigenvalue weighted by atomic mass is 10.1. The van der Waals surface area contributed by atoms with Crippen LogP contribution < -0.4 is 10.1 Å². The Morgan fingerprint density at radius 3 is 2.63 bits per heavy atom. The number of rotatable bonds is 4. The second kappa shape index (κ2) is 6.93. The van der Waals surface area contributed by atoms with Crippen LogP contribution in [-0.4, -0.2) is 21.7 Å². The first-order valence-electron chi connectivity index (χ1n) is 8.60. The van der Waals surface area contributed by atoms with Crippen LogP contribution in [-0.2, 0) is 0 Å². The first-order chi connectivity index (χ1) is 13.1. The fourth-order valence-electron chi connectivity index (χ4n) is 3.21. The zero-order valence-corrected chi connectivity index (χ0v) is 16.1. The van der Waals surface area contributed by atoms with Gasteiger partial charge >= 0.3 is 0 Å². The summed E-state index contributed by atoms with van der Waals surface area (Å²) in [6.07, 6.45) is 0. The Labute approximate surface area is 162 Å². The van der Waals surface area contributed by atoms with E-state index in [0.29, 0.717) is 5.02 Å². The molecule has 2 aromatic carbocycles. The standard InChI is InChI=1S/C21H19ClN4O/c1-13-11-19(24-16-8-6-7-15(22)12-16)26-21(23-13)20(14(2)25-26)17-9-4-5-10-18(17)27-3/h4-12,24H,1-3H3. The zero-order chi connectivity index (χ0) is 19.0. The third kappa shape index (κ3) is 3.22. The van der Waals surface area contributed by atoms with E-state index in [0.717, 1.165) is 45.4 Å². The highest BCUT2D eigenvalue weighted by Crippen LogP contribution is 2.35. The van der Waals surface area contributed by atoms with Gasteiger partial charge in [0.05, 0.1) is 18.4 Å². The van der Waals surface area contributed by atoms with Crippen LogP contribution in [0.2, 0.25) is 5.02 Å². The van der Waals surface area contributed by atoms with Gasteiger partial charge in [0.1, 0.15) is 11.6 Å². The minimum atomic E-state index is 0.674. The highest BCUT2D eigenvalue weighted by atomic mass is 35.5. The van der Waals surface area contributed by atoms with Gasteiger partial charge in [-0.1, -0.05) is 35.9 Å². The van der Waals surface area contributed by atoms with E-state index in [-0.39, 0.29) is 0 Å². The fraction of sp³-hybridized carbons (Fsp3) is 0.143. The van der Waals surface area contributed by atoms with Crippen molar-refractivity contribution >= 4 is 28.8 Å². The van der Waals surface area contributed by atoms with Crippen LogP contribution in [0.25, 0.3) is 16.8 Å². The summed E-state index contributed by atoms with van der Waals surface area (Å²) in [4.78, 5) is 4.75. The number of ether oxygens (including phenoxy) is 1. The van der Waals surface area contributed by atoms with Crippen molar-refractivity contribution in [2.24, 2.45) is 0 Å². The van der Waals surface area contributed by atoms with E-state index >= 15 is 0 Å². The average molecular weight is 379 g/mol. The molecule has 136 valence electrons. The highest BCUT2D eigenvalue weighted by Gasteiger charge is 2.18. The van der Waals surface area contributed by atoms with Crippen LogP contribution >= 0.6 is 11.6 Å². The lowest BCUT2D eigenvalue weighted by Gasteiger charge is -2.11. The number of anilines is 2. The summed E-state index contributed by atoms with van der Waals surface area (Å²) in [5.41, 5.74) is 5.38. The Bertz CT molecular complexity index is 1140. The number of hydrogen-bond acceptors (Lipinski definition) is 4. The number of fused-ring (bicyclic) bond motifs is 1. The molecule has 1 N–H and O–H groups in total. The molecule has 0 bridgehead atoms. The van der Waals surface area contributed by atoms with Crippen molar-refractivity contribution in [3.8, 4) is 16.9 Å². The van der Waals surface area contributed by atoms with Gasteiger partial charge in [-0.05, 0) is 38.1 Å². The van der Waals surface area contributed by atoms with Crippen molar-refractivity contribution in [3.05, 3.63) is 71.0 Å². The van der Waals surface area contributed by atoms with Gasteiger partial charge in [0, 0.05) is 28.0 Å². The molecule has 27 heavy (non-hydrogen) atoms. The van der Waals surface area contributed by atoms with Crippen LogP contribution in [0, 0.1) is 13.8 Å². The number of nitrogens with zero attached hydrogens (tertiary/aromatic N) is 3. The van der Waals surface area contributed by atoms with Crippen molar-refractivity contribution in [2.75, 3.05) is 12.4 Å². The summed E-state index contributed by atoms with van der Waals surface area (Å²) >= 11 is 6.11. The smallest absolute Gasteiger partial charge is 0.165 e. The van der Waals surface area contributed by atoms with Gasteiger partial charge in [0.15, 0.2) is 5.65 Å². The summed E-state index contributed by atoms with van der Waals surface area (Å²) < 4.78 is 7.37. The normalized spacial score (nSPS) is 11.0. The fourth-order valence-corrected chi connectivity index (χ4v) is 3.40. The van der Waals surface area contributed by atoms with Crippen LogP contribution in [0.1, 0.15) is 11.4 Å². The Morgan fingerprint density at radius 1 is 1.04 bits per heavy atom. The quantitative estimate of drug-likeness (QED) is 0.515. The van der Waals surface area contributed by atoms with Crippen LogP contribution in [0.5, 0.6) is 5.75 Å². The molecule has 0 aliphatic rings. The summed E-state index contributed by atoms with van der Waals surface area (Å²) in [7, 11) is 1.67. The van der Waals surface area contributed by atoms with E-state index in [4.69, 9.17) is 26.4 Å². The molecule has 0 saturated heterocycles. The maximum Gasteiger partial charge on any atom is 0.165 e. The summed E-state index contributed by atoms with van der Waals surface area (Å²) in [5.74, 6) is 1.62. The van der Waals surface area contributed by atoms with E-state index in [9.17, 15) is 0 Å². The number of hydrogen-bond donors (Lipinski definition) is 1. The summed E-state index contributed by atoms with van der Waals surface area (Å²) in [6.45, 7) is 3.95. The monoisotopic (exact) mass is 378 g/mol. The third-order valence-corrected chi connectivity index (χ3v) is 4.60. The molecule has 0 radical (unpaired) electrons. The van der Waals surface area contributed by atoms with E-state index in [1.165, 1.54) is 0 Å². The molecule has 0 aliphatic carbocycles. The van der Waals surface area contributed by atoms with E-state index in [2.05, 4.69) is 5.32 Å². The number of methoxy groups -OCH3 is 1. The molecule has 6 heteroatoms. The van der Waals surface area contributed by atoms with Gasteiger partial charge in [-0.15, -0.1) is 0 Å². The van der Waals surface area contributed by atoms with Gasteiger partial charge in [-0.2, -0.15) is 9.61 Å². The number of nitrogens with one attached hydrogen (secondary N) is 1. The van der Waals surface area contributed by atoms with E-state index in [1.54, 1.807) is 7.11 Å². The van der Waals surface area contributed by atoms with Crippen molar-refractivity contribution in [1.29, 1.82) is 0 Å². The number of benzene rings is 2. The molecular weight excluding hydrogens is 360 g/mol. The summed E-state index contributed by atoms with van der Waals surface area (Å²) in [5, 5.41) is 8.80. The summed E-state index contributed by atoms with van der Waals surface area (Å²) in [6, 6.07) is 17.5. The predicted molar refractivity (Wildman–Crippen MR) is 109 cm³/mol. The number of aromatic nitrogens is 3. The van der Waals surface area contributed by atoms with Gasteiger partial charge < -0.3 is 10.1 Å². The molecule has 0 fully saturated rings. The Kier molecular flexibility index (Phi) is 4.46. The third-order valence-electron chi connectivity index (χ3n) is 4.37. The molecule has 0 unspecified atom stereocenters. The predicted octanol–water partition coefficient (Wildman–Crippen LogP) is 5.42. The zero-order valence-electron chi connectivity index (χ0n) is 15.3. The molecule has 0 saturated carbocycles. The van der Waals surface area contributed by atoms with Gasteiger partial charge in [-0.25, -0.2) is 4.98 Å². The lowest BCUT2D eigenvalue weighted by molar-refractivity contribution is 0.416. The number of aryl methyl sites for hydroxylation is 2. The van der Waals surface area contributed by atoms with Crippen LogP contribution in [0.4, 0.5) is 11.5 Å². The molecular formula is C21H19ClN4O. The Morgan fingerprint density at radius 2 is 1.85 bits per heavy atom. The molecule has 0 spiro atoms. The molecule has 2 aromatic heterocycles. The molecule has 0 atom stereocenters. The second-order valence-corrected chi connectivity index (χ2v) is 6.75. The van der Waals surface area contributed by atoms with Gasteiger partial charge in [0.25, 0.3) is 0 Å². The second-order valence-electron chi connectivity index (χ2n) is 6.31.